The molecule has 108 valence electrons. The number of aryl methyl sites for hydroxylation is 1. The Kier molecular flexibility index (Phi) is 4.54. The van der Waals surface area contributed by atoms with Crippen LogP contribution in [0.15, 0.2) is 41.6 Å². The zero-order valence-corrected chi connectivity index (χ0v) is 12.0. The van der Waals surface area contributed by atoms with Gasteiger partial charge in [-0.3, -0.25) is 10.1 Å². The first-order valence-electron chi connectivity index (χ1n) is 6.03. The van der Waals surface area contributed by atoms with E-state index in [0.717, 1.165) is 23.4 Å². The third kappa shape index (κ3) is 3.79. The van der Waals surface area contributed by atoms with E-state index in [1.807, 2.05) is 31.2 Å². The Morgan fingerprint density at radius 2 is 2.19 bits per heavy atom. The Balaban J connectivity index is 2.23. The van der Waals surface area contributed by atoms with Gasteiger partial charge in [0.15, 0.2) is 0 Å². The van der Waals surface area contributed by atoms with Crippen molar-refractivity contribution in [2.24, 2.45) is 0 Å². The van der Waals surface area contributed by atoms with Gasteiger partial charge in [0.05, 0.1) is 10.5 Å². The van der Waals surface area contributed by atoms with Crippen LogP contribution in [0.25, 0.3) is 0 Å². The van der Waals surface area contributed by atoms with E-state index in [-0.39, 0.29) is 16.3 Å². The topological polar surface area (TPSA) is 93.3 Å². The minimum absolute atomic E-state index is 0.151. The SMILES string of the molecule is Cc1cccc(CSc2ncc([N+](=O)[O-])cc2C(=O)O)c1. The molecule has 21 heavy (non-hydrogen) atoms. The molecule has 1 heterocycles. The molecule has 6 nitrogen and oxygen atoms in total. The molecule has 0 saturated carbocycles. The van der Waals surface area contributed by atoms with Crippen LogP contribution in [0, 0.1) is 17.0 Å². The van der Waals surface area contributed by atoms with Crippen LogP contribution in [-0.4, -0.2) is 21.0 Å². The maximum Gasteiger partial charge on any atom is 0.338 e. The lowest BCUT2D eigenvalue weighted by Gasteiger charge is -2.05. The number of hydrogen-bond acceptors (Lipinski definition) is 5. The molecule has 2 rings (SSSR count). The molecule has 0 spiro atoms. The van der Waals surface area contributed by atoms with Gasteiger partial charge in [-0.15, -0.1) is 11.8 Å². The molecule has 0 atom stereocenters. The molecule has 1 aromatic heterocycles. The number of carbonyl (C=O) groups is 1. The van der Waals surface area contributed by atoms with Crippen LogP contribution in [-0.2, 0) is 5.75 Å². The van der Waals surface area contributed by atoms with Crippen molar-refractivity contribution in [1.82, 2.24) is 4.98 Å². The normalized spacial score (nSPS) is 10.3. The quantitative estimate of drug-likeness (QED) is 0.517. The molecule has 0 radical (unpaired) electrons. The molecule has 1 aromatic carbocycles. The number of hydrogen-bond donors (Lipinski definition) is 1. The fourth-order valence-electron chi connectivity index (χ4n) is 1.76. The summed E-state index contributed by atoms with van der Waals surface area (Å²) in [6.45, 7) is 1.97. The highest BCUT2D eigenvalue weighted by atomic mass is 32.2. The molecule has 2 aromatic rings. The van der Waals surface area contributed by atoms with Gasteiger partial charge in [-0.2, -0.15) is 0 Å². The van der Waals surface area contributed by atoms with Gasteiger partial charge in [0, 0.05) is 11.8 Å². The molecule has 0 bridgehead atoms. The molecule has 7 heteroatoms. The first-order valence-corrected chi connectivity index (χ1v) is 7.02. The van der Waals surface area contributed by atoms with Crippen molar-refractivity contribution in [3.63, 3.8) is 0 Å². The highest BCUT2D eigenvalue weighted by Gasteiger charge is 2.17. The van der Waals surface area contributed by atoms with Gasteiger partial charge in [0.2, 0.25) is 0 Å². The lowest BCUT2D eigenvalue weighted by atomic mass is 10.2. The van der Waals surface area contributed by atoms with Crippen LogP contribution in [0.1, 0.15) is 21.5 Å². The number of carboxylic acids is 1. The zero-order valence-electron chi connectivity index (χ0n) is 11.1. The Labute approximate surface area is 125 Å². The third-order valence-electron chi connectivity index (χ3n) is 2.74. The smallest absolute Gasteiger partial charge is 0.338 e. The molecular weight excluding hydrogens is 292 g/mol. The summed E-state index contributed by atoms with van der Waals surface area (Å²) in [4.78, 5) is 25.1. The molecular formula is C14H12N2O4S. The Morgan fingerprint density at radius 3 is 2.81 bits per heavy atom. The average Bonchev–Trinajstić information content (AvgIpc) is 2.44. The maximum absolute atomic E-state index is 11.2. The van der Waals surface area contributed by atoms with Crippen molar-refractivity contribution in [2.75, 3.05) is 0 Å². The second kappa shape index (κ2) is 6.36. The van der Waals surface area contributed by atoms with Crippen LogP contribution >= 0.6 is 11.8 Å². The minimum atomic E-state index is -1.22. The number of nitrogens with zero attached hydrogens (tertiary/aromatic N) is 2. The van der Waals surface area contributed by atoms with E-state index in [9.17, 15) is 14.9 Å². The van der Waals surface area contributed by atoms with Crippen LogP contribution < -0.4 is 0 Å². The molecule has 0 saturated heterocycles. The summed E-state index contributed by atoms with van der Waals surface area (Å²) >= 11 is 1.24. The van der Waals surface area contributed by atoms with Crippen molar-refractivity contribution in [3.05, 3.63) is 63.3 Å². The van der Waals surface area contributed by atoms with Crippen molar-refractivity contribution in [3.8, 4) is 0 Å². The number of aromatic nitrogens is 1. The first-order chi connectivity index (χ1) is 9.97. The van der Waals surface area contributed by atoms with Crippen molar-refractivity contribution < 1.29 is 14.8 Å². The van der Waals surface area contributed by atoms with E-state index in [1.54, 1.807) is 0 Å². The summed E-state index contributed by atoms with van der Waals surface area (Å²) in [7, 11) is 0. The van der Waals surface area contributed by atoms with Gasteiger partial charge in [-0.05, 0) is 12.5 Å². The van der Waals surface area contributed by atoms with Gasteiger partial charge >= 0.3 is 5.97 Å². The summed E-state index contributed by atoms with van der Waals surface area (Å²) in [6, 6.07) is 8.87. The third-order valence-corrected chi connectivity index (χ3v) is 3.81. The Hall–Kier alpha value is -2.41. The molecule has 0 aliphatic carbocycles. The number of aromatic carboxylic acids is 1. The van der Waals surface area contributed by atoms with E-state index in [2.05, 4.69) is 4.98 Å². The van der Waals surface area contributed by atoms with E-state index in [1.165, 1.54) is 11.8 Å². The maximum atomic E-state index is 11.2. The highest BCUT2D eigenvalue weighted by molar-refractivity contribution is 7.98. The van der Waals surface area contributed by atoms with Crippen molar-refractivity contribution >= 4 is 23.4 Å². The highest BCUT2D eigenvalue weighted by Crippen LogP contribution is 2.27. The number of pyridine rings is 1. The van der Waals surface area contributed by atoms with Crippen molar-refractivity contribution in [2.45, 2.75) is 17.7 Å². The van der Waals surface area contributed by atoms with Crippen LogP contribution in [0.4, 0.5) is 5.69 Å². The molecule has 1 N–H and O–H groups in total. The minimum Gasteiger partial charge on any atom is -0.478 e. The van der Waals surface area contributed by atoms with E-state index in [4.69, 9.17) is 5.11 Å². The van der Waals surface area contributed by atoms with Gasteiger partial charge in [0.25, 0.3) is 5.69 Å². The molecule has 0 amide bonds. The second-order valence-electron chi connectivity index (χ2n) is 4.39. The second-order valence-corrected chi connectivity index (χ2v) is 5.35. The lowest BCUT2D eigenvalue weighted by molar-refractivity contribution is -0.385. The average molecular weight is 304 g/mol. The number of carboxylic acid groups (broad SMARTS) is 1. The molecule has 0 unspecified atom stereocenters. The summed E-state index contributed by atoms with van der Waals surface area (Å²) in [5.41, 5.74) is 1.67. The monoisotopic (exact) mass is 304 g/mol. The molecule has 0 fully saturated rings. The molecule has 0 aliphatic rings. The first kappa shape index (κ1) is 15.0. The number of nitro groups is 1. The van der Waals surface area contributed by atoms with Crippen LogP contribution in [0.2, 0.25) is 0 Å². The fourth-order valence-corrected chi connectivity index (χ4v) is 2.67. The summed E-state index contributed by atoms with van der Waals surface area (Å²) < 4.78 is 0. The number of thioether (sulfide) groups is 1. The number of benzene rings is 1. The van der Waals surface area contributed by atoms with E-state index >= 15 is 0 Å². The summed E-state index contributed by atoms with van der Waals surface area (Å²) in [6.07, 6.45) is 1.07. The van der Waals surface area contributed by atoms with Crippen LogP contribution in [0.5, 0.6) is 0 Å². The summed E-state index contributed by atoms with van der Waals surface area (Å²) in [5, 5.41) is 20.1. The zero-order chi connectivity index (χ0) is 15.4. The van der Waals surface area contributed by atoms with Crippen LogP contribution in [0.3, 0.4) is 0 Å². The van der Waals surface area contributed by atoms with E-state index < -0.39 is 10.9 Å². The largest absolute Gasteiger partial charge is 0.478 e. The number of rotatable bonds is 5. The van der Waals surface area contributed by atoms with E-state index in [0.29, 0.717) is 5.75 Å². The van der Waals surface area contributed by atoms with Gasteiger partial charge in [-0.25, -0.2) is 9.78 Å². The Morgan fingerprint density at radius 1 is 1.43 bits per heavy atom. The standard InChI is InChI=1S/C14H12N2O4S/c1-9-3-2-4-10(5-9)8-21-13-12(14(17)18)6-11(7-15-13)16(19)20/h2-7H,8H2,1H3,(H,17,18). The predicted molar refractivity (Wildman–Crippen MR) is 78.6 cm³/mol. The Bertz CT molecular complexity index is 703. The summed E-state index contributed by atoms with van der Waals surface area (Å²) in [5.74, 6) is -0.676. The fraction of sp³-hybridized carbons (Fsp3) is 0.143. The predicted octanol–water partition coefficient (Wildman–Crippen LogP) is 3.29. The van der Waals surface area contributed by atoms with Gasteiger partial charge in [0.1, 0.15) is 11.2 Å². The molecule has 0 aliphatic heterocycles. The van der Waals surface area contributed by atoms with Gasteiger partial charge < -0.3 is 5.11 Å². The van der Waals surface area contributed by atoms with Gasteiger partial charge in [-0.1, -0.05) is 29.8 Å². The lowest BCUT2D eigenvalue weighted by Crippen LogP contribution is -2.03. The van der Waals surface area contributed by atoms with Crippen molar-refractivity contribution in [1.29, 1.82) is 0 Å².